The number of nitrogens with one attached hydrogen (secondary N) is 1. The number of hydrogen-bond acceptors (Lipinski definition) is 7. The van der Waals surface area contributed by atoms with Crippen molar-refractivity contribution in [2.75, 3.05) is 25.4 Å². The number of nitrogens with two attached hydrogens (primary N) is 1. The number of piperidine rings is 1. The fourth-order valence-electron chi connectivity index (χ4n) is 2.29. The molecule has 1 amide bonds. The second-order valence-corrected chi connectivity index (χ2v) is 5.87. The van der Waals surface area contributed by atoms with Gasteiger partial charge in [0.15, 0.2) is 0 Å². The number of hydrogen-bond donors (Lipinski definition) is 2. The Kier molecular flexibility index (Phi) is 5.13. The number of amides is 1. The van der Waals surface area contributed by atoms with Crippen LogP contribution < -0.4 is 11.1 Å². The molecule has 0 saturated carbocycles. The Balaban J connectivity index is 1.78. The SMILES string of the molecule is CCOC(=O)N1CCC(N[C@@H](C)c2nnc(N)s2)CC1. The Bertz CT molecular complexity index is 445. The molecule has 0 bridgehead atoms. The third-order valence-electron chi connectivity index (χ3n) is 3.33. The molecule has 1 aromatic rings. The summed E-state index contributed by atoms with van der Waals surface area (Å²) in [6, 6.07) is 0.504. The molecule has 0 radical (unpaired) electrons. The predicted molar refractivity (Wildman–Crippen MR) is 77.5 cm³/mol. The van der Waals surface area contributed by atoms with Gasteiger partial charge in [0, 0.05) is 19.1 Å². The first kappa shape index (κ1) is 15.0. The zero-order chi connectivity index (χ0) is 14.5. The van der Waals surface area contributed by atoms with Gasteiger partial charge in [0.05, 0.1) is 12.6 Å². The minimum absolute atomic E-state index is 0.129. The maximum absolute atomic E-state index is 11.6. The molecular weight excluding hydrogens is 278 g/mol. The molecule has 0 spiro atoms. The van der Waals surface area contributed by atoms with Gasteiger partial charge in [-0.05, 0) is 26.7 Å². The van der Waals surface area contributed by atoms with Crippen LogP contribution in [0.3, 0.4) is 0 Å². The lowest BCUT2D eigenvalue weighted by Gasteiger charge is -2.32. The van der Waals surface area contributed by atoms with Crippen molar-refractivity contribution < 1.29 is 9.53 Å². The van der Waals surface area contributed by atoms with Crippen LogP contribution in [0.15, 0.2) is 0 Å². The van der Waals surface area contributed by atoms with E-state index < -0.39 is 0 Å². The van der Waals surface area contributed by atoms with E-state index in [2.05, 4.69) is 22.4 Å². The highest BCUT2D eigenvalue weighted by atomic mass is 32.1. The second kappa shape index (κ2) is 6.85. The molecule has 112 valence electrons. The quantitative estimate of drug-likeness (QED) is 0.872. The Labute approximate surface area is 122 Å². The Hall–Kier alpha value is -1.41. The minimum atomic E-state index is -0.212. The number of anilines is 1. The molecule has 3 N–H and O–H groups in total. The highest BCUT2D eigenvalue weighted by Gasteiger charge is 2.25. The number of nitrogen functional groups attached to an aromatic ring is 1. The van der Waals surface area contributed by atoms with E-state index in [1.165, 1.54) is 11.3 Å². The second-order valence-electron chi connectivity index (χ2n) is 4.83. The molecule has 7 nitrogen and oxygen atoms in total. The highest BCUT2D eigenvalue weighted by molar-refractivity contribution is 7.15. The average Bonchev–Trinajstić information content (AvgIpc) is 2.86. The summed E-state index contributed by atoms with van der Waals surface area (Å²) in [6.45, 7) is 5.74. The van der Waals surface area contributed by atoms with E-state index in [0.29, 0.717) is 17.8 Å². The highest BCUT2D eigenvalue weighted by Crippen LogP contribution is 2.21. The van der Waals surface area contributed by atoms with Crippen LogP contribution >= 0.6 is 11.3 Å². The Morgan fingerprint density at radius 2 is 2.25 bits per heavy atom. The number of rotatable bonds is 4. The van der Waals surface area contributed by atoms with E-state index in [1.807, 2.05) is 6.92 Å². The Morgan fingerprint density at radius 1 is 1.55 bits per heavy atom. The molecule has 1 aromatic heterocycles. The summed E-state index contributed by atoms with van der Waals surface area (Å²) >= 11 is 1.40. The van der Waals surface area contributed by atoms with Crippen LogP contribution in [0.4, 0.5) is 9.93 Å². The van der Waals surface area contributed by atoms with E-state index in [1.54, 1.807) is 4.90 Å². The van der Waals surface area contributed by atoms with Crippen LogP contribution in [0.25, 0.3) is 0 Å². The van der Waals surface area contributed by atoms with Gasteiger partial charge in [-0.15, -0.1) is 10.2 Å². The van der Waals surface area contributed by atoms with E-state index >= 15 is 0 Å². The van der Waals surface area contributed by atoms with Crippen LogP contribution in [-0.2, 0) is 4.74 Å². The monoisotopic (exact) mass is 299 g/mol. The molecule has 1 atom stereocenters. The molecular formula is C12H21N5O2S. The lowest BCUT2D eigenvalue weighted by molar-refractivity contribution is 0.0943. The minimum Gasteiger partial charge on any atom is -0.450 e. The first-order valence-corrected chi connectivity index (χ1v) is 7.68. The molecule has 1 aliphatic heterocycles. The molecule has 0 unspecified atom stereocenters. The predicted octanol–water partition coefficient (Wildman–Crippen LogP) is 1.39. The molecule has 2 heterocycles. The van der Waals surface area contributed by atoms with Gasteiger partial charge in [-0.1, -0.05) is 11.3 Å². The van der Waals surface area contributed by atoms with Gasteiger partial charge in [0.1, 0.15) is 5.01 Å². The van der Waals surface area contributed by atoms with Gasteiger partial charge in [-0.25, -0.2) is 4.79 Å². The zero-order valence-corrected chi connectivity index (χ0v) is 12.7. The van der Waals surface area contributed by atoms with E-state index in [-0.39, 0.29) is 12.1 Å². The van der Waals surface area contributed by atoms with Crippen molar-refractivity contribution in [1.29, 1.82) is 0 Å². The summed E-state index contributed by atoms with van der Waals surface area (Å²) in [5, 5.41) is 12.8. The molecule has 20 heavy (non-hydrogen) atoms. The number of likely N-dealkylation sites (tertiary alicyclic amines) is 1. The van der Waals surface area contributed by atoms with Crippen molar-refractivity contribution in [2.45, 2.75) is 38.8 Å². The smallest absolute Gasteiger partial charge is 0.409 e. The molecule has 1 aliphatic rings. The van der Waals surface area contributed by atoms with E-state index in [4.69, 9.17) is 10.5 Å². The van der Waals surface area contributed by atoms with Crippen molar-refractivity contribution in [2.24, 2.45) is 0 Å². The maximum atomic E-state index is 11.6. The van der Waals surface area contributed by atoms with Gasteiger partial charge in [-0.2, -0.15) is 0 Å². The van der Waals surface area contributed by atoms with Crippen LogP contribution in [0.1, 0.15) is 37.7 Å². The third-order valence-corrected chi connectivity index (χ3v) is 4.27. The number of ether oxygens (including phenoxy) is 1. The number of aromatic nitrogens is 2. The first-order valence-electron chi connectivity index (χ1n) is 6.86. The summed E-state index contributed by atoms with van der Waals surface area (Å²) in [5.41, 5.74) is 5.59. The number of carbonyl (C=O) groups is 1. The maximum Gasteiger partial charge on any atom is 0.409 e. The summed E-state index contributed by atoms with van der Waals surface area (Å²) in [6.07, 6.45) is 1.62. The van der Waals surface area contributed by atoms with Gasteiger partial charge in [-0.3, -0.25) is 0 Å². The Morgan fingerprint density at radius 3 is 2.80 bits per heavy atom. The van der Waals surface area contributed by atoms with Crippen molar-refractivity contribution in [1.82, 2.24) is 20.4 Å². The normalized spacial score (nSPS) is 18.0. The van der Waals surface area contributed by atoms with Gasteiger partial charge in [0.2, 0.25) is 5.13 Å². The topological polar surface area (TPSA) is 93.4 Å². The van der Waals surface area contributed by atoms with Gasteiger partial charge >= 0.3 is 6.09 Å². The van der Waals surface area contributed by atoms with Crippen molar-refractivity contribution in [3.05, 3.63) is 5.01 Å². The molecule has 1 fully saturated rings. The fourth-order valence-corrected chi connectivity index (χ4v) is 2.91. The average molecular weight is 299 g/mol. The largest absolute Gasteiger partial charge is 0.450 e. The molecule has 8 heteroatoms. The van der Waals surface area contributed by atoms with Gasteiger partial charge in [0.25, 0.3) is 0 Å². The van der Waals surface area contributed by atoms with Gasteiger partial charge < -0.3 is 20.7 Å². The first-order chi connectivity index (χ1) is 9.60. The van der Waals surface area contributed by atoms with Crippen LogP contribution in [-0.4, -0.2) is 46.9 Å². The van der Waals surface area contributed by atoms with Crippen LogP contribution in [0.2, 0.25) is 0 Å². The summed E-state index contributed by atoms with van der Waals surface area (Å²) < 4.78 is 5.01. The third kappa shape index (κ3) is 3.80. The lowest BCUT2D eigenvalue weighted by Crippen LogP contribution is -2.45. The summed E-state index contributed by atoms with van der Waals surface area (Å²) in [4.78, 5) is 13.4. The summed E-state index contributed by atoms with van der Waals surface area (Å²) in [7, 11) is 0. The molecule has 0 aliphatic carbocycles. The van der Waals surface area contributed by atoms with E-state index in [9.17, 15) is 4.79 Å². The zero-order valence-electron chi connectivity index (χ0n) is 11.8. The van der Waals surface area contributed by atoms with Crippen molar-refractivity contribution >= 4 is 22.6 Å². The van der Waals surface area contributed by atoms with E-state index in [0.717, 1.165) is 30.9 Å². The molecule has 1 saturated heterocycles. The van der Waals surface area contributed by atoms with Crippen LogP contribution in [0.5, 0.6) is 0 Å². The number of nitrogens with zero attached hydrogens (tertiary/aromatic N) is 3. The lowest BCUT2D eigenvalue weighted by atomic mass is 10.0. The molecule has 2 rings (SSSR count). The van der Waals surface area contributed by atoms with Crippen LogP contribution in [0, 0.1) is 0 Å². The van der Waals surface area contributed by atoms with Crippen molar-refractivity contribution in [3.63, 3.8) is 0 Å². The molecule has 0 aromatic carbocycles. The summed E-state index contributed by atoms with van der Waals surface area (Å²) in [5.74, 6) is 0. The standard InChI is InChI=1S/C12H21N5O2S/c1-3-19-12(18)17-6-4-9(5-7-17)14-8(2)10-15-16-11(13)20-10/h8-9,14H,3-7H2,1-2H3,(H2,13,16)/t8-/m0/s1. The fraction of sp³-hybridized carbons (Fsp3) is 0.750. The van der Waals surface area contributed by atoms with Crippen molar-refractivity contribution in [3.8, 4) is 0 Å². The number of carbonyl (C=O) groups excluding carboxylic acids is 1.